The molecule has 0 heterocycles. The van der Waals surface area contributed by atoms with Crippen LogP contribution in [0.5, 0.6) is 0 Å². The molecule has 2 nitrogen and oxygen atoms in total. The van der Waals surface area contributed by atoms with Gasteiger partial charge in [0.1, 0.15) is 0 Å². The largest absolute Gasteiger partial charge is 0.354 e. The van der Waals surface area contributed by atoms with Crippen molar-refractivity contribution >= 4 is 0 Å². The summed E-state index contributed by atoms with van der Waals surface area (Å²) in [5.74, 6) is -0.417. The zero-order valence-corrected chi connectivity index (χ0v) is 7.23. The predicted octanol–water partition coefficient (Wildman–Crippen LogP) is 1.97. The van der Waals surface area contributed by atoms with Gasteiger partial charge >= 0.3 is 0 Å². The number of methoxy groups -OCH3 is 2. The Morgan fingerprint density at radius 1 is 1.10 bits per heavy atom. The van der Waals surface area contributed by atoms with E-state index in [4.69, 9.17) is 9.47 Å². The number of hydrogen-bond acceptors (Lipinski definition) is 2. The zero-order valence-electron chi connectivity index (χ0n) is 7.23. The Hall–Kier alpha value is -0.560. The highest BCUT2D eigenvalue weighted by atomic mass is 16.7. The van der Waals surface area contributed by atoms with E-state index in [0.717, 1.165) is 0 Å². The van der Waals surface area contributed by atoms with E-state index in [0.29, 0.717) is 0 Å². The SMILES string of the molecule is C=C=C.COC(C)(C)OC. The fraction of sp³-hybridized carbons (Fsp3) is 0.625. The van der Waals surface area contributed by atoms with Crippen molar-refractivity contribution in [3.8, 4) is 0 Å². The lowest BCUT2D eigenvalue weighted by Crippen LogP contribution is -2.24. The fourth-order valence-corrected chi connectivity index (χ4v) is 0.0833. The molecule has 0 saturated heterocycles. The Bertz CT molecular complexity index is 93.8. The van der Waals surface area contributed by atoms with E-state index in [1.807, 2.05) is 13.8 Å². The van der Waals surface area contributed by atoms with Crippen molar-refractivity contribution in [1.29, 1.82) is 0 Å². The lowest BCUT2D eigenvalue weighted by molar-refractivity contribution is -0.178. The van der Waals surface area contributed by atoms with Gasteiger partial charge in [0.15, 0.2) is 5.79 Å². The Balaban J connectivity index is 0. The van der Waals surface area contributed by atoms with Gasteiger partial charge in [0.05, 0.1) is 0 Å². The molecule has 0 N–H and O–H groups in total. The Kier molecular flexibility index (Phi) is 7.97. The van der Waals surface area contributed by atoms with Crippen LogP contribution in [-0.2, 0) is 9.47 Å². The maximum atomic E-state index is 4.86. The molecule has 0 fully saturated rings. The van der Waals surface area contributed by atoms with Crippen LogP contribution >= 0.6 is 0 Å². The molecular weight excluding hydrogens is 128 g/mol. The first-order valence-electron chi connectivity index (χ1n) is 2.93. The Morgan fingerprint density at radius 2 is 1.30 bits per heavy atom. The summed E-state index contributed by atoms with van der Waals surface area (Å²) in [6.07, 6.45) is 0. The first-order valence-corrected chi connectivity index (χ1v) is 2.93. The standard InChI is InChI=1S/C5H12O2.C3H4/c1-5(2,6-3)7-4;1-3-2/h1-4H3;1-2H2. The summed E-state index contributed by atoms with van der Waals surface area (Å²) in [6, 6.07) is 0. The third-order valence-electron chi connectivity index (χ3n) is 0.983. The van der Waals surface area contributed by atoms with Crippen LogP contribution in [0.3, 0.4) is 0 Å². The second kappa shape index (κ2) is 6.56. The van der Waals surface area contributed by atoms with Crippen molar-refractivity contribution in [2.45, 2.75) is 19.6 Å². The summed E-state index contributed by atoms with van der Waals surface area (Å²) < 4.78 is 9.73. The van der Waals surface area contributed by atoms with Crippen molar-refractivity contribution in [2.75, 3.05) is 14.2 Å². The summed E-state index contributed by atoms with van der Waals surface area (Å²) >= 11 is 0. The van der Waals surface area contributed by atoms with Crippen LogP contribution in [0.15, 0.2) is 18.9 Å². The highest BCUT2D eigenvalue weighted by Crippen LogP contribution is 2.05. The second-order valence-electron chi connectivity index (χ2n) is 2.06. The van der Waals surface area contributed by atoms with Crippen molar-refractivity contribution < 1.29 is 9.47 Å². The molecule has 0 aliphatic heterocycles. The molecule has 0 amide bonds. The van der Waals surface area contributed by atoms with Gasteiger partial charge in [0.2, 0.25) is 0 Å². The van der Waals surface area contributed by atoms with E-state index in [9.17, 15) is 0 Å². The van der Waals surface area contributed by atoms with Crippen LogP contribution in [0.4, 0.5) is 0 Å². The normalized spacial score (nSPS) is 9.20. The van der Waals surface area contributed by atoms with Crippen molar-refractivity contribution in [2.24, 2.45) is 0 Å². The molecule has 0 aromatic carbocycles. The summed E-state index contributed by atoms with van der Waals surface area (Å²) in [5, 5.41) is 0. The topological polar surface area (TPSA) is 18.5 Å². The first kappa shape index (κ1) is 12.1. The van der Waals surface area contributed by atoms with Gasteiger partial charge in [0.25, 0.3) is 0 Å². The van der Waals surface area contributed by atoms with Gasteiger partial charge < -0.3 is 9.47 Å². The first-order chi connectivity index (χ1) is 4.54. The fourth-order valence-electron chi connectivity index (χ4n) is 0.0833. The van der Waals surface area contributed by atoms with Crippen LogP contribution in [0.25, 0.3) is 0 Å². The predicted molar refractivity (Wildman–Crippen MR) is 42.9 cm³/mol. The smallest absolute Gasteiger partial charge is 0.161 e. The Labute approximate surface area is 63.1 Å². The third kappa shape index (κ3) is 10.4. The Morgan fingerprint density at radius 3 is 1.30 bits per heavy atom. The molecular formula is C8H16O2. The molecule has 0 radical (unpaired) electrons. The minimum atomic E-state index is -0.417. The van der Waals surface area contributed by atoms with E-state index in [1.54, 1.807) is 14.2 Å². The van der Waals surface area contributed by atoms with E-state index >= 15 is 0 Å². The molecule has 10 heavy (non-hydrogen) atoms. The van der Waals surface area contributed by atoms with E-state index < -0.39 is 5.79 Å². The van der Waals surface area contributed by atoms with Crippen LogP contribution in [-0.4, -0.2) is 20.0 Å². The van der Waals surface area contributed by atoms with E-state index in [-0.39, 0.29) is 0 Å². The monoisotopic (exact) mass is 144 g/mol. The second-order valence-corrected chi connectivity index (χ2v) is 2.06. The van der Waals surface area contributed by atoms with Gasteiger partial charge in [-0.25, -0.2) is 0 Å². The minimum Gasteiger partial charge on any atom is -0.354 e. The number of ether oxygens (including phenoxy) is 2. The molecule has 0 unspecified atom stereocenters. The molecule has 0 aromatic rings. The van der Waals surface area contributed by atoms with Gasteiger partial charge in [-0.1, -0.05) is 13.2 Å². The molecule has 0 rings (SSSR count). The van der Waals surface area contributed by atoms with Crippen LogP contribution < -0.4 is 0 Å². The molecule has 0 aliphatic rings. The quantitative estimate of drug-likeness (QED) is 0.436. The molecule has 0 spiro atoms. The van der Waals surface area contributed by atoms with Gasteiger partial charge in [-0.3, -0.25) is 0 Å². The summed E-state index contributed by atoms with van der Waals surface area (Å²) in [4.78, 5) is 0. The molecule has 0 bridgehead atoms. The van der Waals surface area contributed by atoms with Crippen molar-refractivity contribution in [3.05, 3.63) is 18.9 Å². The maximum Gasteiger partial charge on any atom is 0.161 e. The lowest BCUT2D eigenvalue weighted by Gasteiger charge is -2.19. The van der Waals surface area contributed by atoms with Crippen molar-refractivity contribution in [1.82, 2.24) is 0 Å². The minimum absolute atomic E-state index is 0.417. The molecule has 0 aliphatic carbocycles. The molecule has 0 aromatic heterocycles. The number of rotatable bonds is 2. The lowest BCUT2D eigenvalue weighted by atomic mass is 10.4. The van der Waals surface area contributed by atoms with Crippen LogP contribution in [0.2, 0.25) is 0 Å². The van der Waals surface area contributed by atoms with E-state index in [1.165, 1.54) is 0 Å². The van der Waals surface area contributed by atoms with Crippen LogP contribution in [0.1, 0.15) is 13.8 Å². The molecule has 0 atom stereocenters. The van der Waals surface area contributed by atoms with Crippen molar-refractivity contribution in [3.63, 3.8) is 0 Å². The summed E-state index contributed by atoms with van der Waals surface area (Å²) in [5.41, 5.74) is 2.25. The molecule has 60 valence electrons. The highest BCUT2D eigenvalue weighted by Gasteiger charge is 2.11. The molecule has 2 heteroatoms. The van der Waals surface area contributed by atoms with E-state index in [2.05, 4.69) is 18.9 Å². The molecule has 0 saturated carbocycles. The van der Waals surface area contributed by atoms with Gasteiger partial charge in [-0.05, 0) is 13.8 Å². The van der Waals surface area contributed by atoms with Gasteiger partial charge in [-0.15, -0.1) is 5.73 Å². The highest BCUT2D eigenvalue weighted by molar-refractivity contribution is 4.51. The third-order valence-corrected chi connectivity index (χ3v) is 0.983. The van der Waals surface area contributed by atoms with Gasteiger partial charge in [0, 0.05) is 14.2 Å². The van der Waals surface area contributed by atoms with Crippen LogP contribution in [0, 0.1) is 0 Å². The van der Waals surface area contributed by atoms with Gasteiger partial charge in [-0.2, -0.15) is 0 Å². The summed E-state index contributed by atoms with van der Waals surface area (Å²) in [6.45, 7) is 9.96. The average Bonchev–Trinajstić information content (AvgIpc) is 1.90. The summed E-state index contributed by atoms with van der Waals surface area (Å²) in [7, 11) is 3.23. The maximum absolute atomic E-state index is 4.86. The number of hydrogen-bond donors (Lipinski definition) is 0. The zero-order chi connectivity index (χ0) is 8.62. The average molecular weight is 144 g/mol.